The average molecular weight is 1080 g/mol. The Morgan fingerprint density at radius 3 is 1.40 bits per heavy atom. The quantitative estimate of drug-likeness (QED) is 0.122. The summed E-state index contributed by atoms with van der Waals surface area (Å²) in [5, 5.41) is 18.8. The molecule has 2 saturated heterocycles. The first kappa shape index (κ1) is 53.5. The molecule has 0 radical (unpaired) electrons. The maximum absolute atomic E-state index is 14.4. The summed E-state index contributed by atoms with van der Waals surface area (Å²) in [6.45, 7) is 10.5. The molecule has 0 spiro atoms. The Bertz CT molecular complexity index is 2920. The molecule has 6 aliphatic heterocycles. The Morgan fingerprint density at radius 2 is 1.01 bits per heavy atom. The Hall–Kier alpha value is -6.54. The standard InChI is InChI=1S/2C29H36F2N6O2/c2*1-3-27(38)35-11-8-25-24(18-35)29(33-37(25)21-7-5-12-39-13-9-21)36-10-4-6-19-14-22(20-16-32-34(2)17-20)23(28(30)31)15-26(19)36/h2*14-17,21,28H,3-13,18H2,1-2H3/t2*21-/m10/s1. The van der Waals surface area contributed by atoms with E-state index in [2.05, 4.69) is 29.4 Å². The number of carbonyl (C=O) groups excluding carboxylic acids is 2. The zero-order chi connectivity index (χ0) is 54.2. The van der Waals surface area contributed by atoms with E-state index in [1.54, 1.807) is 60.4 Å². The molecule has 78 heavy (non-hydrogen) atoms. The van der Waals surface area contributed by atoms with E-state index in [4.69, 9.17) is 19.7 Å². The van der Waals surface area contributed by atoms with Crippen LogP contribution in [0.4, 0.5) is 40.6 Å². The minimum absolute atomic E-state index is 0.00524. The number of amides is 2. The van der Waals surface area contributed by atoms with E-state index in [-0.39, 0.29) is 35.0 Å². The lowest BCUT2D eigenvalue weighted by molar-refractivity contribution is -0.132. The molecule has 0 aliphatic carbocycles. The number of aryl methyl sites for hydroxylation is 4. The van der Waals surface area contributed by atoms with Gasteiger partial charge in [-0.15, -0.1) is 0 Å². The van der Waals surface area contributed by atoms with Gasteiger partial charge in [0.05, 0.1) is 37.6 Å². The number of halogens is 4. The number of aromatic nitrogens is 8. The maximum Gasteiger partial charge on any atom is 0.264 e. The van der Waals surface area contributed by atoms with E-state index in [1.165, 1.54) is 11.4 Å². The lowest BCUT2D eigenvalue weighted by Crippen LogP contribution is -2.36. The van der Waals surface area contributed by atoms with Gasteiger partial charge in [-0.25, -0.2) is 17.6 Å². The third-order valence-corrected chi connectivity index (χ3v) is 16.7. The van der Waals surface area contributed by atoms with Crippen molar-refractivity contribution in [2.24, 2.45) is 14.1 Å². The highest BCUT2D eigenvalue weighted by molar-refractivity contribution is 5.80. The fourth-order valence-corrected chi connectivity index (χ4v) is 12.7. The monoisotopic (exact) mass is 1080 g/mol. The van der Waals surface area contributed by atoms with E-state index in [0.717, 1.165) is 136 Å². The minimum Gasteiger partial charge on any atom is -0.381 e. The summed E-state index contributed by atoms with van der Waals surface area (Å²) >= 11 is 0. The van der Waals surface area contributed by atoms with Crippen molar-refractivity contribution in [2.45, 2.75) is 142 Å². The van der Waals surface area contributed by atoms with Crippen molar-refractivity contribution in [3.8, 4) is 22.3 Å². The summed E-state index contributed by atoms with van der Waals surface area (Å²) in [5.41, 5.74) is 10.6. The number of alkyl halides is 4. The molecule has 12 rings (SSSR count). The largest absolute Gasteiger partial charge is 0.381 e. The van der Waals surface area contributed by atoms with Gasteiger partial charge in [0, 0.05) is 161 Å². The number of hydrogen-bond donors (Lipinski definition) is 0. The van der Waals surface area contributed by atoms with Gasteiger partial charge in [0.15, 0.2) is 11.6 Å². The fraction of sp³-hybridized carbons (Fsp3) is 0.552. The molecule has 0 bridgehead atoms. The van der Waals surface area contributed by atoms with Crippen LogP contribution in [0, 0.1) is 0 Å². The molecule has 16 nitrogen and oxygen atoms in total. The molecule has 2 fully saturated rings. The van der Waals surface area contributed by atoms with Crippen LogP contribution < -0.4 is 9.80 Å². The number of fused-ring (bicyclic) bond motifs is 4. The van der Waals surface area contributed by atoms with Gasteiger partial charge < -0.3 is 29.1 Å². The van der Waals surface area contributed by atoms with Crippen molar-refractivity contribution in [3.05, 3.63) is 93.8 Å². The molecular formula is C58H72F4N12O4. The first-order valence-electron chi connectivity index (χ1n) is 28.2. The summed E-state index contributed by atoms with van der Waals surface area (Å²) in [4.78, 5) is 33.5. The van der Waals surface area contributed by atoms with E-state index in [9.17, 15) is 27.2 Å². The van der Waals surface area contributed by atoms with Gasteiger partial charge in [-0.1, -0.05) is 13.8 Å². The van der Waals surface area contributed by atoms with E-state index in [1.807, 2.05) is 35.8 Å². The number of nitrogens with zero attached hydrogens (tertiary/aromatic N) is 12. The molecule has 2 amide bonds. The second kappa shape index (κ2) is 23.0. The number of hydrogen-bond acceptors (Lipinski definition) is 10. The number of ether oxygens (including phenoxy) is 2. The Labute approximate surface area is 453 Å². The van der Waals surface area contributed by atoms with Crippen molar-refractivity contribution in [1.82, 2.24) is 48.9 Å². The molecule has 0 saturated carbocycles. The van der Waals surface area contributed by atoms with Gasteiger partial charge in [0.25, 0.3) is 12.9 Å². The smallest absolute Gasteiger partial charge is 0.264 e. The number of benzene rings is 2. The van der Waals surface area contributed by atoms with Gasteiger partial charge in [0.2, 0.25) is 11.8 Å². The normalized spacial score (nSPS) is 19.7. The SMILES string of the molecule is CCC(=O)N1CCc2c(c(N3CCCc4cc(-c5cnn(C)c5)c(C(F)F)cc43)nn2[C@@H]2CCCOCC2)C1.CCC(=O)N1CCc2c(c(N3CCCc4cc(-c5cnn(C)c5)c(C(F)F)cc43)nn2[C@H]2CCCOCC2)C1. The Morgan fingerprint density at radius 1 is 0.577 bits per heavy atom. The third-order valence-electron chi connectivity index (χ3n) is 16.7. The van der Waals surface area contributed by atoms with E-state index in [0.29, 0.717) is 87.6 Å². The highest BCUT2D eigenvalue weighted by Crippen LogP contribution is 2.46. The molecule has 20 heteroatoms. The van der Waals surface area contributed by atoms with Crippen molar-refractivity contribution in [3.63, 3.8) is 0 Å². The number of rotatable bonds is 10. The van der Waals surface area contributed by atoms with Crippen LogP contribution in [0.25, 0.3) is 22.3 Å². The first-order chi connectivity index (χ1) is 37.9. The summed E-state index contributed by atoms with van der Waals surface area (Å²) in [6.07, 6.45) is 13.2. The van der Waals surface area contributed by atoms with Crippen LogP contribution in [0.1, 0.15) is 148 Å². The summed E-state index contributed by atoms with van der Waals surface area (Å²) in [7, 11) is 3.58. The van der Waals surface area contributed by atoms with Crippen molar-refractivity contribution in [1.29, 1.82) is 0 Å². The third kappa shape index (κ3) is 10.6. The summed E-state index contributed by atoms with van der Waals surface area (Å²) < 4.78 is 76.8. The molecule has 6 aliphatic rings. The topological polar surface area (TPSA) is 137 Å². The predicted molar refractivity (Wildman–Crippen MR) is 289 cm³/mol. The fourth-order valence-electron chi connectivity index (χ4n) is 12.7. The van der Waals surface area contributed by atoms with Crippen LogP contribution >= 0.6 is 0 Å². The van der Waals surface area contributed by atoms with Crippen LogP contribution in [0.2, 0.25) is 0 Å². The molecule has 416 valence electrons. The van der Waals surface area contributed by atoms with Crippen LogP contribution in [0.5, 0.6) is 0 Å². The zero-order valence-corrected chi connectivity index (χ0v) is 45.4. The van der Waals surface area contributed by atoms with Gasteiger partial charge in [-0.3, -0.25) is 28.3 Å². The van der Waals surface area contributed by atoms with Crippen molar-refractivity contribution >= 4 is 34.8 Å². The Balaban J connectivity index is 0.000000165. The number of anilines is 4. The van der Waals surface area contributed by atoms with Crippen molar-refractivity contribution in [2.75, 3.05) is 62.4 Å². The Kier molecular flexibility index (Phi) is 15.8. The maximum atomic E-state index is 14.4. The molecule has 2 aromatic carbocycles. The van der Waals surface area contributed by atoms with Crippen molar-refractivity contribution < 1.29 is 36.6 Å². The predicted octanol–water partition coefficient (Wildman–Crippen LogP) is 10.7. The second-order valence-corrected chi connectivity index (χ2v) is 21.7. The molecule has 2 atom stereocenters. The lowest BCUT2D eigenvalue weighted by Gasteiger charge is -2.33. The number of carbonyl (C=O) groups is 2. The molecule has 6 aromatic rings. The minimum atomic E-state index is -2.62. The van der Waals surface area contributed by atoms with Gasteiger partial charge in [0.1, 0.15) is 0 Å². The van der Waals surface area contributed by atoms with Crippen LogP contribution in [-0.2, 0) is 71.9 Å². The molecule has 4 aromatic heterocycles. The van der Waals surface area contributed by atoms with E-state index >= 15 is 0 Å². The first-order valence-corrected chi connectivity index (χ1v) is 28.2. The van der Waals surface area contributed by atoms with Gasteiger partial charge in [-0.05, 0) is 111 Å². The molecular weight excluding hydrogens is 1000 g/mol. The van der Waals surface area contributed by atoms with Crippen LogP contribution in [-0.4, -0.2) is 113 Å². The van der Waals surface area contributed by atoms with E-state index < -0.39 is 12.9 Å². The molecule has 0 N–H and O–H groups in total. The van der Waals surface area contributed by atoms with Gasteiger partial charge >= 0.3 is 0 Å². The summed E-state index contributed by atoms with van der Waals surface area (Å²) in [5.74, 6) is 1.86. The zero-order valence-electron chi connectivity index (χ0n) is 45.4. The lowest BCUT2D eigenvalue weighted by atomic mass is 9.92. The highest BCUT2D eigenvalue weighted by atomic mass is 19.3. The molecule has 10 heterocycles. The van der Waals surface area contributed by atoms with Crippen LogP contribution in [0.3, 0.4) is 0 Å². The average Bonchev–Trinajstić information content (AvgIpc) is 4.37. The van der Waals surface area contributed by atoms with Crippen LogP contribution in [0.15, 0.2) is 49.1 Å². The highest BCUT2D eigenvalue weighted by Gasteiger charge is 2.37. The summed E-state index contributed by atoms with van der Waals surface area (Å²) in [6, 6.07) is 7.61. The van der Waals surface area contributed by atoms with Gasteiger partial charge in [-0.2, -0.15) is 20.4 Å². The second-order valence-electron chi connectivity index (χ2n) is 21.7. The molecule has 0 unspecified atom stereocenters.